The molecule has 0 saturated heterocycles. The molecule has 4 aliphatic rings. The first-order valence-electron chi connectivity index (χ1n) is 15.0. The van der Waals surface area contributed by atoms with Gasteiger partial charge in [-0.15, -0.1) is 0 Å². The largest absolute Gasteiger partial charge is 0.540 e. The number of aliphatic hydroxyl groups excluding tert-OH is 1. The third-order valence-electron chi connectivity index (χ3n) is 9.40. The second-order valence-corrected chi connectivity index (χ2v) is 13.4. The number of hydrogen-bond acceptors (Lipinski definition) is 3. The minimum atomic E-state index is -0.222. The average molecular weight is 550 g/mol. The number of ether oxygens (including phenoxy) is 1. The molecule has 207 valence electrons. The zero-order valence-corrected chi connectivity index (χ0v) is 25.1. The molecular weight excluding hydrogens is 508 g/mol. The smallest absolute Gasteiger partial charge is 0.341 e. The molecule has 0 aliphatic heterocycles. The van der Waals surface area contributed by atoms with Gasteiger partial charge >= 0.3 is 10.5 Å². The SMILES string of the molecule is CC(C)(C)c1c(O[Si])c(C=C2C3CC4CC(C3)CC2(OCCCO)C4)cc(-c2ccccc2)c1-c1ccccc1. The van der Waals surface area contributed by atoms with E-state index in [0.29, 0.717) is 18.9 Å². The highest BCUT2D eigenvalue weighted by atomic mass is 28.2. The van der Waals surface area contributed by atoms with Crippen molar-refractivity contribution in [3.05, 3.63) is 83.4 Å². The summed E-state index contributed by atoms with van der Waals surface area (Å²) in [4.78, 5) is 0. The van der Waals surface area contributed by atoms with Gasteiger partial charge in [0.2, 0.25) is 0 Å². The molecule has 4 bridgehead atoms. The zero-order valence-electron chi connectivity index (χ0n) is 24.1. The van der Waals surface area contributed by atoms with Gasteiger partial charge in [-0.1, -0.05) is 81.4 Å². The van der Waals surface area contributed by atoms with E-state index in [9.17, 15) is 5.11 Å². The van der Waals surface area contributed by atoms with Gasteiger partial charge in [0, 0.05) is 24.3 Å². The fraction of sp³-hybridized carbons (Fsp3) is 0.444. The van der Waals surface area contributed by atoms with Crippen LogP contribution in [0.1, 0.15) is 70.4 Å². The van der Waals surface area contributed by atoms with Crippen molar-refractivity contribution in [1.29, 1.82) is 0 Å². The predicted molar refractivity (Wildman–Crippen MR) is 164 cm³/mol. The lowest BCUT2D eigenvalue weighted by Crippen LogP contribution is -2.54. The van der Waals surface area contributed by atoms with Crippen molar-refractivity contribution in [2.45, 2.75) is 70.3 Å². The van der Waals surface area contributed by atoms with Gasteiger partial charge < -0.3 is 14.3 Å². The van der Waals surface area contributed by atoms with Crippen LogP contribution in [-0.2, 0) is 10.2 Å². The summed E-state index contributed by atoms with van der Waals surface area (Å²) in [7, 11) is 3.52. The average Bonchev–Trinajstić information content (AvgIpc) is 2.94. The van der Waals surface area contributed by atoms with Crippen LogP contribution in [0.2, 0.25) is 0 Å². The molecule has 3 radical (unpaired) electrons. The molecule has 4 heteroatoms. The molecule has 1 N–H and O–H groups in total. The van der Waals surface area contributed by atoms with Crippen LogP contribution in [0.3, 0.4) is 0 Å². The molecule has 0 heterocycles. The summed E-state index contributed by atoms with van der Waals surface area (Å²) < 4.78 is 12.9. The van der Waals surface area contributed by atoms with Crippen molar-refractivity contribution >= 4 is 16.6 Å². The Morgan fingerprint density at radius 3 is 2.12 bits per heavy atom. The quantitative estimate of drug-likeness (QED) is 0.228. The van der Waals surface area contributed by atoms with Crippen molar-refractivity contribution in [1.82, 2.24) is 0 Å². The summed E-state index contributed by atoms with van der Waals surface area (Å²) in [6.45, 7) is 7.60. The lowest BCUT2D eigenvalue weighted by molar-refractivity contribution is -0.121. The van der Waals surface area contributed by atoms with Crippen molar-refractivity contribution < 1.29 is 14.3 Å². The Balaban J connectivity index is 1.60. The van der Waals surface area contributed by atoms with Crippen LogP contribution in [0.5, 0.6) is 5.75 Å². The second-order valence-electron chi connectivity index (χ2n) is 13.2. The van der Waals surface area contributed by atoms with Crippen LogP contribution in [0, 0.1) is 17.8 Å². The van der Waals surface area contributed by atoms with Crippen molar-refractivity contribution in [2.75, 3.05) is 13.2 Å². The Morgan fingerprint density at radius 2 is 1.55 bits per heavy atom. The van der Waals surface area contributed by atoms with E-state index in [0.717, 1.165) is 36.0 Å². The van der Waals surface area contributed by atoms with Gasteiger partial charge in [0.15, 0.2) is 0 Å². The minimum Gasteiger partial charge on any atom is -0.540 e. The third-order valence-corrected chi connectivity index (χ3v) is 9.61. The summed E-state index contributed by atoms with van der Waals surface area (Å²) >= 11 is 0. The lowest BCUT2D eigenvalue weighted by Gasteiger charge is -2.58. The van der Waals surface area contributed by atoms with Gasteiger partial charge in [-0.2, -0.15) is 0 Å². The van der Waals surface area contributed by atoms with Crippen molar-refractivity contribution in [2.24, 2.45) is 17.8 Å². The summed E-state index contributed by atoms with van der Waals surface area (Å²) in [6, 6.07) is 23.8. The summed E-state index contributed by atoms with van der Waals surface area (Å²) in [5, 5.41) is 9.50. The molecule has 0 aromatic heterocycles. The molecule has 3 aromatic carbocycles. The molecule has 4 saturated carbocycles. The number of benzene rings is 3. The first-order valence-corrected chi connectivity index (χ1v) is 15.4. The molecule has 3 nitrogen and oxygen atoms in total. The van der Waals surface area contributed by atoms with Gasteiger partial charge in [-0.05, 0) is 102 Å². The Bertz CT molecular complexity index is 1360. The fourth-order valence-corrected chi connectivity index (χ4v) is 8.31. The molecule has 2 unspecified atom stereocenters. The van der Waals surface area contributed by atoms with Gasteiger partial charge in [-0.3, -0.25) is 0 Å². The molecule has 40 heavy (non-hydrogen) atoms. The van der Waals surface area contributed by atoms with E-state index >= 15 is 0 Å². The maximum absolute atomic E-state index is 9.50. The van der Waals surface area contributed by atoms with E-state index in [-0.39, 0.29) is 17.6 Å². The Hall–Kier alpha value is -2.66. The molecule has 7 rings (SSSR count). The third kappa shape index (κ3) is 4.99. The first kappa shape index (κ1) is 27.5. The Morgan fingerprint density at radius 1 is 0.925 bits per heavy atom. The van der Waals surface area contributed by atoms with Crippen LogP contribution < -0.4 is 4.43 Å². The molecule has 3 aromatic rings. The van der Waals surface area contributed by atoms with Gasteiger partial charge in [0.05, 0.1) is 5.60 Å². The monoisotopic (exact) mass is 549 g/mol. The van der Waals surface area contributed by atoms with Crippen LogP contribution in [0.25, 0.3) is 28.3 Å². The van der Waals surface area contributed by atoms with Crippen LogP contribution >= 0.6 is 0 Å². The summed E-state index contributed by atoms with van der Waals surface area (Å²) in [5.41, 5.74) is 8.16. The Labute approximate surface area is 243 Å². The van der Waals surface area contributed by atoms with E-state index in [2.05, 4.69) is 104 Å². The van der Waals surface area contributed by atoms with Gasteiger partial charge in [-0.25, -0.2) is 0 Å². The van der Waals surface area contributed by atoms with Crippen molar-refractivity contribution in [3.8, 4) is 28.0 Å². The number of rotatable bonds is 8. The topological polar surface area (TPSA) is 38.7 Å². The van der Waals surface area contributed by atoms with Crippen LogP contribution in [0.15, 0.2) is 72.3 Å². The molecule has 2 atom stereocenters. The first-order chi connectivity index (χ1) is 19.3. The highest BCUT2D eigenvalue weighted by molar-refractivity contribution is 6.01. The van der Waals surface area contributed by atoms with E-state index in [1.165, 1.54) is 52.7 Å². The maximum atomic E-state index is 9.50. The van der Waals surface area contributed by atoms with Crippen molar-refractivity contribution in [3.63, 3.8) is 0 Å². The molecular formula is C36H41O3Si. The highest BCUT2D eigenvalue weighted by Crippen LogP contribution is 2.60. The van der Waals surface area contributed by atoms with E-state index in [1.54, 1.807) is 0 Å². The minimum absolute atomic E-state index is 0.170. The highest BCUT2D eigenvalue weighted by Gasteiger charge is 2.54. The summed E-state index contributed by atoms with van der Waals surface area (Å²) in [6.07, 6.45) is 9.18. The second kappa shape index (κ2) is 11.0. The lowest BCUT2D eigenvalue weighted by atomic mass is 9.52. The fourth-order valence-electron chi connectivity index (χ4n) is 8.09. The maximum Gasteiger partial charge on any atom is 0.341 e. The summed E-state index contributed by atoms with van der Waals surface area (Å²) in [5.74, 6) is 2.94. The van der Waals surface area contributed by atoms with Crippen LogP contribution in [0.4, 0.5) is 0 Å². The van der Waals surface area contributed by atoms with Gasteiger partial charge in [0.25, 0.3) is 0 Å². The standard InChI is InChI=1S/C36H41O3Si/c1-35(2,3)33-32(27-13-8-5-9-14-27)30(26-11-6-4-7-12-26)20-29(34(33)39-40)21-31-28-18-24-17-25(19-28)23-36(31,22-24)38-16-10-15-37/h4-9,11-14,20-21,24-25,28,37H,10,15-19,22-23H2,1-3H3. The predicted octanol–water partition coefficient (Wildman–Crippen LogP) is 8.14. The molecule has 0 amide bonds. The number of hydrogen-bond donors (Lipinski definition) is 1. The van der Waals surface area contributed by atoms with E-state index < -0.39 is 0 Å². The normalized spacial score (nSPS) is 26.4. The van der Waals surface area contributed by atoms with E-state index in [4.69, 9.17) is 9.16 Å². The van der Waals surface area contributed by atoms with E-state index in [1.807, 2.05) is 0 Å². The Kier molecular flexibility index (Phi) is 7.54. The van der Waals surface area contributed by atoms with Gasteiger partial charge in [0.1, 0.15) is 5.75 Å². The zero-order chi connectivity index (χ0) is 27.9. The van der Waals surface area contributed by atoms with Crippen LogP contribution in [-0.4, -0.2) is 34.4 Å². The molecule has 4 fully saturated rings. The number of aliphatic hydroxyl groups is 1. The molecule has 4 aliphatic carbocycles. The molecule has 0 spiro atoms.